The number of benzene rings is 1. The Balaban J connectivity index is 2.09. The summed E-state index contributed by atoms with van der Waals surface area (Å²) in [5.74, 6) is -0.446. The Morgan fingerprint density at radius 2 is 2.11 bits per heavy atom. The molecule has 0 aliphatic carbocycles. The lowest BCUT2D eigenvalue weighted by Gasteiger charge is -2.24. The van der Waals surface area contributed by atoms with E-state index in [1.165, 1.54) is 0 Å². The number of carbonyl (C=O) groups excluding carboxylic acids is 2. The SMILES string of the molecule is NCc1c2ccccc2cn1C1CCC(=O)NC1=O. The van der Waals surface area contributed by atoms with Gasteiger partial charge in [0.15, 0.2) is 0 Å². The average molecular weight is 257 g/mol. The van der Waals surface area contributed by atoms with Crippen molar-refractivity contribution < 1.29 is 9.59 Å². The van der Waals surface area contributed by atoms with Crippen molar-refractivity contribution in [2.75, 3.05) is 0 Å². The van der Waals surface area contributed by atoms with Crippen molar-refractivity contribution in [1.82, 2.24) is 9.88 Å². The quantitative estimate of drug-likeness (QED) is 0.790. The molecule has 3 rings (SSSR count). The fraction of sp³-hybridized carbons (Fsp3) is 0.286. The van der Waals surface area contributed by atoms with Gasteiger partial charge in [0.2, 0.25) is 11.8 Å². The van der Waals surface area contributed by atoms with E-state index in [-0.39, 0.29) is 17.9 Å². The van der Waals surface area contributed by atoms with Crippen molar-refractivity contribution in [3.63, 3.8) is 0 Å². The number of rotatable bonds is 2. The molecule has 5 nitrogen and oxygen atoms in total. The van der Waals surface area contributed by atoms with Crippen molar-refractivity contribution in [2.45, 2.75) is 25.4 Å². The molecular formula is C14H15N3O2. The lowest BCUT2D eigenvalue weighted by atomic mass is 10.1. The van der Waals surface area contributed by atoms with Crippen molar-refractivity contribution in [1.29, 1.82) is 0 Å². The number of nitrogens with two attached hydrogens (primary N) is 1. The predicted molar refractivity (Wildman–Crippen MR) is 71.3 cm³/mol. The van der Waals surface area contributed by atoms with Crippen LogP contribution in [0.5, 0.6) is 0 Å². The maximum absolute atomic E-state index is 12.0. The van der Waals surface area contributed by atoms with Gasteiger partial charge in [-0.1, -0.05) is 24.3 Å². The summed E-state index contributed by atoms with van der Waals surface area (Å²) in [6.45, 7) is 0.366. The Labute approximate surface area is 110 Å². The fourth-order valence-corrected chi connectivity index (χ4v) is 2.68. The van der Waals surface area contributed by atoms with Crippen molar-refractivity contribution in [3.05, 3.63) is 36.2 Å². The number of hydrogen-bond donors (Lipinski definition) is 2. The minimum Gasteiger partial charge on any atom is -0.337 e. The molecule has 1 aromatic carbocycles. The third-order valence-electron chi connectivity index (χ3n) is 3.60. The smallest absolute Gasteiger partial charge is 0.249 e. The molecule has 1 unspecified atom stereocenters. The second kappa shape index (κ2) is 4.51. The van der Waals surface area contributed by atoms with Gasteiger partial charge >= 0.3 is 0 Å². The number of imide groups is 1. The van der Waals surface area contributed by atoms with Crippen LogP contribution in [0.4, 0.5) is 0 Å². The Hall–Kier alpha value is -2.14. The summed E-state index contributed by atoms with van der Waals surface area (Å²) in [4.78, 5) is 23.2. The van der Waals surface area contributed by atoms with E-state index in [1.54, 1.807) is 0 Å². The molecule has 1 saturated heterocycles. The summed E-state index contributed by atoms with van der Waals surface area (Å²) in [6.07, 6.45) is 2.84. The van der Waals surface area contributed by atoms with E-state index < -0.39 is 0 Å². The third-order valence-corrected chi connectivity index (χ3v) is 3.60. The highest BCUT2D eigenvalue weighted by atomic mass is 16.2. The van der Waals surface area contributed by atoms with Crippen molar-refractivity contribution in [3.8, 4) is 0 Å². The second-order valence-corrected chi connectivity index (χ2v) is 4.74. The molecule has 1 fully saturated rings. The molecule has 98 valence electrons. The molecule has 0 saturated carbocycles. The third kappa shape index (κ3) is 1.92. The van der Waals surface area contributed by atoms with Gasteiger partial charge in [0, 0.05) is 30.2 Å². The van der Waals surface area contributed by atoms with Gasteiger partial charge in [-0.2, -0.15) is 0 Å². The molecule has 1 aliphatic heterocycles. The van der Waals surface area contributed by atoms with Gasteiger partial charge in [-0.25, -0.2) is 0 Å². The molecule has 2 aromatic rings. The topological polar surface area (TPSA) is 77.1 Å². The maximum atomic E-state index is 12.0. The summed E-state index contributed by atoms with van der Waals surface area (Å²) in [5, 5.41) is 4.51. The molecule has 2 heterocycles. The van der Waals surface area contributed by atoms with Gasteiger partial charge in [-0.15, -0.1) is 0 Å². The molecule has 2 amide bonds. The highest BCUT2D eigenvalue weighted by molar-refractivity contribution is 6.00. The Morgan fingerprint density at radius 1 is 1.32 bits per heavy atom. The zero-order chi connectivity index (χ0) is 13.4. The van der Waals surface area contributed by atoms with Gasteiger partial charge in [-0.3, -0.25) is 14.9 Å². The minimum atomic E-state index is -0.344. The zero-order valence-corrected chi connectivity index (χ0v) is 10.4. The van der Waals surface area contributed by atoms with Gasteiger partial charge in [0.25, 0.3) is 0 Å². The van der Waals surface area contributed by atoms with E-state index in [0.717, 1.165) is 16.5 Å². The lowest BCUT2D eigenvalue weighted by Crippen LogP contribution is -2.42. The van der Waals surface area contributed by atoms with Crippen LogP contribution in [0.2, 0.25) is 0 Å². The predicted octanol–water partition coefficient (Wildman–Crippen LogP) is 1.08. The van der Waals surface area contributed by atoms with Crippen LogP contribution in [0.15, 0.2) is 30.5 Å². The summed E-state index contributed by atoms with van der Waals surface area (Å²) in [5.41, 5.74) is 6.76. The number of amides is 2. The van der Waals surface area contributed by atoms with Crippen LogP contribution in [0, 0.1) is 0 Å². The number of aromatic nitrogens is 1. The van der Waals surface area contributed by atoms with Crippen LogP contribution in [0.1, 0.15) is 24.6 Å². The van der Waals surface area contributed by atoms with Gasteiger partial charge in [-0.05, 0) is 11.8 Å². The van der Waals surface area contributed by atoms with E-state index in [9.17, 15) is 9.59 Å². The number of fused-ring (bicyclic) bond motifs is 1. The highest BCUT2D eigenvalue weighted by Crippen LogP contribution is 2.27. The molecule has 5 heteroatoms. The number of nitrogens with one attached hydrogen (secondary N) is 1. The summed E-state index contributed by atoms with van der Waals surface area (Å²) in [6, 6.07) is 7.56. The molecule has 19 heavy (non-hydrogen) atoms. The first kappa shape index (κ1) is 11.9. The van der Waals surface area contributed by atoms with Crippen LogP contribution in [0.3, 0.4) is 0 Å². The van der Waals surface area contributed by atoms with Crippen LogP contribution < -0.4 is 11.1 Å². The fourth-order valence-electron chi connectivity index (χ4n) is 2.68. The molecule has 3 N–H and O–H groups in total. The Bertz CT molecular complexity index is 660. The van der Waals surface area contributed by atoms with E-state index in [0.29, 0.717) is 19.4 Å². The molecular weight excluding hydrogens is 242 g/mol. The van der Waals surface area contributed by atoms with E-state index in [4.69, 9.17) is 5.73 Å². The lowest BCUT2D eigenvalue weighted by molar-refractivity contribution is -0.135. The summed E-state index contributed by atoms with van der Waals surface area (Å²) in [7, 11) is 0. The molecule has 1 aliphatic rings. The van der Waals surface area contributed by atoms with Gasteiger partial charge < -0.3 is 10.3 Å². The van der Waals surface area contributed by atoms with Crippen molar-refractivity contribution >= 4 is 22.6 Å². The first-order valence-corrected chi connectivity index (χ1v) is 6.33. The standard InChI is InChI=1S/C14H15N3O2/c15-7-12-10-4-2-1-3-9(10)8-17(12)11-5-6-13(18)16-14(11)19/h1-4,8,11H,5-7,15H2,(H,16,18,19). The largest absolute Gasteiger partial charge is 0.337 e. The van der Waals surface area contributed by atoms with Crippen LogP contribution in [0.25, 0.3) is 10.8 Å². The summed E-state index contributed by atoms with van der Waals surface area (Å²) < 4.78 is 1.91. The van der Waals surface area contributed by atoms with Crippen LogP contribution >= 0.6 is 0 Å². The van der Waals surface area contributed by atoms with E-state index in [1.807, 2.05) is 35.0 Å². The molecule has 0 bridgehead atoms. The Morgan fingerprint density at radius 3 is 2.84 bits per heavy atom. The maximum Gasteiger partial charge on any atom is 0.249 e. The normalized spacial score (nSPS) is 19.7. The van der Waals surface area contributed by atoms with Crippen LogP contribution in [-0.4, -0.2) is 16.4 Å². The Kier molecular flexibility index (Phi) is 2.83. The van der Waals surface area contributed by atoms with Gasteiger partial charge in [0.05, 0.1) is 0 Å². The van der Waals surface area contributed by atoms with Crippen LogP contribution in [-0.2, 0) is 16.1 Å². The minimum absolute atomic E-state index is 0.202. The van der Waals surface area contributed by atoms with E-state index >= 15 is 0 Å². The van der Waals surface area contributed by atoms with Crippen molar-refractivity contribution in [2.24, 2.45) is 5.73 Å². The second-order valence-electron chi connectivity index (χ2n) is 4.74. The van der Waals surface area contributed by atoms with E-state index in [2.05, 4.69) is 5.32 Å². The van der Waals surface area contributed by atoms with Gasteiger partial charge in [0.1, 0.15) is 6.04 Å². The highest BCUT2D eigenvalue weighted by Gasteiger charge is 2.29. The number of piperidine rings is 1. The number of nitrogens with zero attached hydrogens (tertiary/aromatic N) is 1. The molecule has 1 aromatic heterocycles. The number of carbonyl (C=O) groups is 2. The first-order valence-electron chi connectivity index (χ1n) is 6.33. The molecule has 1 atom stereocenters. The first-order chi connectivity index (χ1) is 9.20. The average Bonchev–Trinajstić information content (AvgIpc) is 2.76. The number of hydrogen-bond acceptors (Lipinski definition) is 3. The molecule has 0 radical (unpaired) electrons. The molecule has 0 spiro atoms. The summed E-state index contributed by atoms with van der Waals surface area (Å²) >= 11 is 0. The zero-order valence-electron chi connectivity index (χ0n) is 10.4. The monoisotopic (exact) mass is 257 g/mol.